The fraction of sp³-hybridized carbons (Fsp3) is 0.235. The number of ether oxygens (including phenoxy) is 1. The van der Waals surface area contributed by atoms with Crippen LogP contribution in [0, 0.1) is 11.3 Å². The SMILES string of the molecule is N#C/C=C(\c1ccc2ccccc2c1)N1CCOCC1. The van der Waals surface area contributed by atoms with Crippen molar-refractivity contribution in [2.75, 3.05) is 26.3 Å². The minimum absolute atomic E-state index is 0.719. The minimum Gasteiger partial charge on any atom is -0.378 e. The molecule has 0 unspecified atom stereocenters. The van der Waals surface area contributed by atoms with Crippen LogP contribution in [0.4, 0.5) is 0 Å². The van der Waals surface area contributed by atoms with Gasteiger partial charge >= 0.3 is 0 Å². The lowest BCUT2D eigenvalue weighted by Crippen LogP contribution is -2.34. The Morgan fingerprint density at radius 3 is 2.60 bits per heavy atom. The molecule has 0 bridgehead atoms. The van der Waals surface area contributed by atoms with Crippen molar-refractivity contribution in [2.24, 2.45) is 0 Å². The summed E-state index contributed by atoms with van der Waals surface area (Å²) in [5, 5.41) is 11.5. The van der Waals surface area contributed by atoms with Crippen molar-refractivity contribution >= 4 is 16.5 Å². The Kier molecular flexibility index (Phi) is 3.67. The maximum Gasteiger partial charge on any atom is 0.0934 e. The van der Waals surface area contributed by atoms with Crippen LogP contribution in [0.3, 0.4) is 0 Å². The number of morpholine rings is 1. The lowest BCUT2D eigenvalue weighted by molar-refractivity contribution is 0.0640. The monoisotopic (exact) mass is 264 g/mol. The summed E-state index contributed by atoms with van der Waals surface area (Å²) in [7, 11) is 0. The Balaban J connectivity index is 2.01. The molecule has 1 heterocycles. The third-order valence-electron chi connectivity index (χ3n) is 3.60. The van der Waals surface area contributed by atoms with E-state index in [0.29, 0.717) is 0 Å². The Bertz CT molecular complexity index is 679. The summed E-state index contributed by atoms with van der Waals surface area (Å²) in [6.07, 6.45) is 1.63. The van der Waals surface area contributed by atoms with Gasteiger partial charge in [0.25, 0.3) is 0 Å². The van der Waals surface area contributed by atoms with Gasteiger partial charge in [-0.25, -0.2) is 0 Å². The van der Waals surface area contributed by atoms with E-state index in [9.17, 15) is 0 Å². The molecule has 2 aromatic carbocycles. The molecule has 0 N–H and O–H groups in total. The molecule has 0 radical (unpaired) electrons. The first-order chi connectivity index (χ1) is 9.88. The maximum absolute atomic E-state index is 9.06. The molecule has 1 fully saturated rings. The van der Waals surface area contributed by atoms with Gasteiger partial charge in [-0.3, -0.25) is 0 Å². The van der Waals surface area contributed by atoms with Crippen LogP contribution in [-0.2, 0) is 4.74 Å². The minimum atomic E-state index is 0.719. The van der Waals surface area contributed by atoms with E-state index in [0.717, 1.165) is 37.6 Å². The molecule has 2 aromatic rings. The summed E-state index contributed by atoms with van der Waals surface area (Å²) in [5.74, 6) is 0. The first kappa shape index (κ1) is 12.7. The number of rotatable bonds is 2. The van der Waals surface area contributed by atoms with Gasteiger partial charge in [0.1, 0.15) is 0 Å². The van der Waals surface area contributed by atoms with Gasteiger partial charge in [0.05, 0.1) is 25.0 Å². The molecule has 0 amide bonds. The van der Waals surface area contributed by atoms with Gasteiger partial charge in [0.2, 0.25) is 0 Å². The molecule has 100 valence electrons. The van der Waals surface area contributed by atoms with E-state index >= 15 is 0 Å². The largest absolute Gasteiger partial charge is 0.378 e. The van der Waals surface area contributed by atoms with E-state index in [-0.39, 0.29) is 0 Å². The Morgan fingerprint density at radius 2 is 1.85 bits per heavy atom. The van der Waals surface area contributed by atoms with Crippen LogP contribution in [0.15, 0.2) is 48.5 Å². The fourth-order valence-electron chi connectivity index (χ4n) is 2.57. The highest BCUT2D eigenvalue weighted by atomic mass is 16.5. The number of fused-ring (bicyclic) bond motifs is 1. The van der Waals surface area contributed by atoms with Gasteiger partial charge in [-0.2, -0.15) is 5.26 Å². The van der Waals surface area contributed by atoms with Crippen LogP contribution in [0.25, 0.3) is 16.5 Å². The zero-order valence-electron chi connectivity index (χ0n) is 11.2. The van der Waals surface area contributed by atoms with Crippen molar-refractivity contribution in [1.82, 2.24) is 4.90 Å². The normalized spacial score (nSPS) is 16.1. The predicted molar refractivity (Wildman–Crippen MR) is 79.9 cm³/mol. The number of nitriles is 1. The molecule has 1 saturated heterocycles. The standard InChI is InChI=1S/C17H16N2O/c18-8-7-17(19-9-11-20-12-10-19)16-6-5-14-3-1-2-4-15(14)13-16/h1-7,13H,9-12H2/b17-7+. The van der Waals surface area contributed by atoms with Crippen molar-refractivity contribution in [3.05, 3.63) is 54.1 Å². The Hall–Kier alpha value is -2.31. The zero-order valence-corrected chi connectivity index (χ0v) is 11.2. The lowest BCUT2D eigenvalue weighted by atomic mass is 10.0. The molecule has 0 aliphatic carbocycles. The highest BCUT2D eigenvalue weighted by molar-refractivity contribution is 5.86. The van der Waals surface area contributed by atoms with E-state index in [4.69, 9.17) is 10.00 Å². The van der Waals surface area contributed by atoms with Gasteiger partial charge in [0.15, 0.2) is 0 Å². The van der Waals surface area contributed by atoms with Gasteiger partial charge in [-0.1, -0.05) is 36.4 Å². The number of allylic oxidation sites excluding steroid dienone is 1. The summed E-state index contributed by atoms with van der Waals surface area (Å²) < 4.78 is 5.38. The average molecular weight is 264 g/mol. The van der Waals surface area contributed by atoms with Crippen LogP contribution in [0.2, 0.25) is 0 Å². The van der Waals surface area contributed by atoms with E-state index in [1.165, 1.54) is 10.8 Å². The number of hydrogen-bond donors (Lipinski definition) is 0. The van der Waals surface area contributed by atoms with Crippen molar-refractivity contribution in [3.63, 3.8) is 0 Å². The molecule has 3 heteroatoms. The first-order valence-electron chi connectivity index (χ1n) is 6.80. The molecule has 0 aromatic heterocycles. The van der Waals surface area contributed by atoms with Crippen LogP contribution in [0.5, 0.6) is 0 Å². The molecule has 0 spiro atoms. The lowest BCUT2D eigenvalue weighted by Gasteiger charge is -2.30. The highest BCUT2D eigenvalue weighted by Gasteiger charge is 2.15. The highest BCUT2D eigenvalue weighted by Crippen LogP contribution is 2.24. The summed E-state index contributed by atoms with van der Waals surface area (Å²) in [5.41, 5.74) is 2.08. The molecule has 1 aliphatic rings. The van der Waals surface area contributed by atoms with Gasteiger partial charge in [0, 0.05) is 19.2 Å². The second-order valence-corrected chi connectivity index (χ2v) is 4.82. The molecule has 1 aliphatic heterocycles. The first-order valence-corrected chi connectivity index (χ1v) is 6.80. The second-order valence-electron chi connectivity index (χ2n) is 4.82. The Morgan fingerprint density at radius 1 is 1.10 bits per heavy atom. The molecular formula is C17H16N2O. The molecular weight excluding hydrogens is 248 g/mol. The van der Waals surface area contributed by atoms with E-state index < -0.39 is 0 Å². The Labute approximate surface area is 118 Å². The molecule has 20 heavy (non-hydrogen) atoms. The van der Waals surface area contributed by atoms with Crippen molar-refractivity contribution in [3.8, 4) is 6.07 Å². The van der Waals surface area contributed by atoms with Crippen LogP contribution in [-0.4, -0.2) is 31.2 Å². The van der Waals surface area contributed by atoms with Crippen LogP contribution in [0.1, 0.15) is 5.56 Å². The summed E-state index contributed by atoms with van der Waals surface area (Å²) in [6, 6.07) is 16.8. The quantitative estimate of drug-likeness (QED) is 0.782. The van der Waals surface area contributed by atoms with Gasteiger partial charge < -0.3 is 9.64 Å². The summed E-state index contributed by atoms with van der Waals surface area (Å²) >= 11 is 0. The summed E-state index contributed by atoms with van der Waals surface area (Å²) in [4.78, 5) is 2.22. The number of benzene rings is 2. The van der Waals surface area contributed by atoms with Crippen LogP contribution >= 0.6 is 0 Å². The maximum atomic E-state index is 9.06. The van der Waals surface area contributed by atoms with Gasteiger partial charge in [-0.05, 0) is 22.4 Å². The van der Waals surface area contributed by atoms with Crippen molar-refractivity contribution < 1.29 is 4.74 Å². The zero-order chi connectivity index (χ0) is 13.8. The second kappa shape index (κ2) is 5.77. The smallest absolute Gasteiger partial charge is 0.0934 e. The third kappa shape index (κ3) is 2.52. The topological polar surface area (TPSA) is 36.3 Å². The predicted octanol–water partition coefficient (Wildman–Crippen LogP) is 3.04. The van der Waals surface area contributed by atoms with Crippen molar-refractivity contribution in [1.29, 1.82) is 5.26 Å². The molecule has 0 saturated carbocycles. The van der Waals surface area contributed by atoms with E-state index in [2.05, 4.69) is 41.3 Å². The molecule has 3 nitrogen and oxygen atoms in total. The molecule has 0 atom stereocenters. The van der Waals surface area contributed by atoms with Gasteiger partial charge in [-0.15, -0.1) is 0 Å². The number of nitrogens with zero attached hydrogens (tertiary/aromatic N) is 2. The average Bonchev–Trinajstić information content (AvgIpc) is 2.53. The number of hydrogen-bond acceptors (Lipinski definition) is 3. The fourth-order valence-corrected chi connectivity index (χ4v) is 2.57. The van der Waals surface area contributed by atoms with E-state index in [1.807, 2.05) is 12.1 Å². The van der Waals surface area contributed by atoms with Crippen molar-refractivity contribution in [2.45, 2.75) is 0 Å². The third-order valence-corrected chi connectivity index (χ3v) is 3.60. The van der Waals surface area contributed by atoms with Crippen LogP contribution < -0.4 is 0 Å². The van der Waals surface area contributed by atoms with E-state index in [1.54, 1.807) is 6.08 Å². The molecule has 3 rings (SSSR count). The summed E-state index contributed by atoms with van der Waals surface area (Å²) in [6.45, 7) is 3.10.